The highest BCUT2D eigenvalue weighted by molar-refractivity contribution is 5.76. The molecule has 1 fully saturated rings. The number of carbonyl (C=O) groups excluding carboxylic acids is 1. The fourth-order valence-corrected chi connectivity index (χ4v) is 3.38. The van der Waals surface area contributed by atoms with Crippen LogP contribution in [0, 0.1) is 0 Å². The molecule has 1 amide bonds. The van der Waals surface area contributed by atoms with Crippen LogP contribution in [0.2, 0.25) is 0 Å². The zero-order valence-electron chi connectivity index (χ0n) is 14.4. The lowest BCUT2D eigenvalue weighted by atomic mass is 10.0. The lowest BCUT2D eigenvalue weighted by Gasteiger charge is -2.37. The SMILES string of the molecule is CN(Cc1ccccc1)[C@H]1CCCN(C(=O)CCc2ccco2)C1. The second-order valence-electron chi connectivity index (χ2n) is 6.62. The molecule has 0 N–H and O–H groups in total. The number of hydrogen-bond acceptors (Lipinski definition) is 3. The van der Waals surface area contributed by atoms with E-state index in [-0.39, 0.29) is 5.91 Å². The standard InChI is InChI=1S/C20H26N2O2/c1-21(15-17-7-3-2-4-8-17)18-9-5-13-22(16-18)20(23)12-11-19-10-6-14-24-19/h2-4,6-8,10,14,18H,5,9,11-13,15-16H2,1H3/t18-/m0/s1. The molecular weight excluding hydrogens is 300 g/mol. The van der Waals surface area contributed by atoms with E-state index in [1.165, 1.54) is 5.56 Å². The van der Waals surface area contributed by atoms with Crippen LogP contribution in [0.25, 0.3) is 0 Å². The average molecular weight is 326 g/mol. The second kappa shape index (κ2) is 8.15. The second-order valence-corrected chi connectivity index (χ2v) is 6.62. The normalized spacial score (nSPS) is 18.1. The highest BCUT2D eigenvalue weighted by atomic mass is 16.3. The van der Waals surface area contributed by atoms with Gasteiger partial charge in [-0.3, -0.25) is 9.69 Å². The first kappa shape index (κ1) is 16.8. The van der Waals surface area contributed by atoms with Gasteiger partial charge in [-0.05, 0) is 37.6 Å². The van der Waals surface area contributed by atoms with Gasteiger partial charge >= 0.3 is 0 Å². The minimum Gasteiger partial charge on any atom is -0.469 e. The Hall–Kier alpha value is -2.07. The zero-order valence-corrected chi connectivity index (χ0v) is 14.4. The van der Waals surface area contributed by atoms with E-state index in [0.717, 1.165) is 38.2 Å². The topological polar surface area (TPSA) is 36.7 Å². The van der Waals surface area contributed by atoms with Crippen molar-refractivity contribution in [1.29, 1.82) is 0 Å². The van der Waals surface area contributed by atoms with Crippen LogP contribution in [0.1, 0.15) is 30.6 Å². The molecule has 2 heterocycles. The Kier molecular flexibility index (Phi) is 5.70. The molecule has 1 saturated heterocycles. The van der Waals surface area contributed by atoms with Crippen molar-refractivity contribution in [2.24, 2.45) is 0 Å². The molecule has 1 aromatic carbocycles. The fraction of sp³-hybridized carbons (Fsp3) is 0.450. The van der Waals surface area contributed by atoms with E-state index in [9.17, 15) is 4.79 Å². The first-order valence-corrected chi connectivity index (χ1v) is 8.76. The Morgan fingerprint density at radius 3 is 2.83 bits per heavy atom. The van der Waals surface area contributed by atoms with E-state index in [1.54, 1.807) is 6.26 Å². The first-order chi connectivity index (χ1) is 11.7. The molecule has 1 aliphatic rings. The van der Waals surface area contributed by atoms with Gasteiger partial charge in [-0.2, -0.15) is 0 Å². The van der Waals surface area contributed by atoms with Gasteiger partial charge in [0.2, 0.25) is 5.91 Å². The average Bonchev–Trinajstić information content (AvgIpc) is 3.14. The number of hydrogen-bond donors (Lipinski definition) is 0. The first-order valence-electron chi connectivity index (χ1n) is 8.76. The van der Waals surface area contributed by atoms with Gasteiger partial charge in [0.1, 0.15) is 5.76 Å². The summed E-state index contributed by atoms with van der Waals surface area (Å²) in [6.45, 7) is 2.65. The van der Waals surface area contributed by atoms with E-state index in [1.807, 2.05) is 23.1 Å². The van der Waals surface area contributed by atoms with Gasteiger partial charge in [0.25, 0.3) is 0 Å². The van der Waals surface area contributed by atoms with Gasteiger partial charge in [0.05, 0.1) is 6.26 Å². The molecular formula is C20H26N2O2. The minimum atomic E-state index is 0.240. The Bertz CT molecular complexity index is 624. The maximum Gasteiger partial charge on any atom is 0.223 e. The van der Waals surface area contributed by atoms with Gasteiger partial charge in [-0.15, -0.1) is 0 Å². The van der Waals surface area contributed by atoms with Crippen LogP contribution in [0.4, 0.5) is 0 Å². The number of aryl methyl sites for hydroxylation is 1. The van der Waals surface area contributed by atoms with Crippen LogP contribution in [0.15, 0.2) is 53.1 Å². The lowest BCUT2D eigenvalue weighted by molar-refractivity contribution is -0.133. The van der Waals surface area contributed by atoms with Gasteiger partial charge in [0.15, 0.2) is 0 Å². The molecule has 3 rings (SSSR count). The number of carbonyl (C=O) groups is 1. The Labute approximate surface area is 144 Å². The van der Waals surface area contributed by atoms with Gasteiger partial charge < -0.3 is 9.32 Å². The fourth-order valence-electron chi connectivity index (χ4n) is 3.38. The van der Waals surface area contributed by atoms with Gasteiger partial charge in [-0.1, -0.05) is 30.3 Å². The van der Waals surface area contributed by atoms with Crippen molar-refractivity contribution in [2.45, 2.75) is 38.3 Å². The monoisotopic (exact) mass is 326 g/mol. The maximum absolute atomic E-state index is 12.5. The van der Waals surface area contributed by atoms with Crippen molar-refractivity contribution < 1.29 is 9.21 Å². The molecule has 1 atom stereocenters. The van der Waals surface area contributed by atoms with E-state index in [4.69, 9.17) is 4.42 Å². The third-order valence-electron chi connectivity index (χ3n) is 4.81. The molecule has 128 valence electrons. The molecule has 1 aromatic heterocycles. The Morgan fingerprint density at radius 2 is 2.08 bits per heavy atom. The molecule has 4 nitrogen and oxygen atoms in total. The number of benzene rings is 1. The van der Waals surface area contributed by atoms with E-state index >= 15 is 0 Å². The summed E-state index contributed by atoms with van der Waals surface area (Å²) in [5.74, 6) is 1.13. The third kappa shape index (κ3) is 4.48. The maximum atomic E-state index is 12.5. The van der Waals surface area contributed by atoms with Crippen LogP contribution in [-0.2, 0) is 17.8 Å². The number of nitrogens with zero attached hydrogens (tertiary/aromatic N) is 2. The van der Waals surface area contributed by atoms with Crippen LogP contribution in [-0.4, -0.2) is 41.9 Å². The van der Waals surface area contributed by atoms with Crippen molar-refractivity contribution in [3.8, 4) is 0 Å². The van der Waals surface area contributed by atoms with E-state index in [0.29, 0.717) is 18.9 Å². The highest BCUT2D eigenvalue weighted by Crippen LogP contribution is 2.18. The van der Waals surface area contributed by atoms with Crippen LogP contribution >= 0.6 is 0 Å². The Morgan fingerprint density at radius 1 is 1.25 bits per heavy atom. The van der Waals surface area contributed by atoms with Gasteiger partial charge in [-0.25, -0.2) is 0 Å². The third-order valence-corrected chi connectivity index (χ3v) is 4.81. The van der Waals surface area contributed by atoms with Crippen LogP contribution in [0.5, 0.6) is 0 Å². The summed E-state index contributed by atoms with van der Waals surface area (Å²) in [6, 6.07) is 14.8. The number of piperidine rings is 1. The molecule has 24 heavy (non-hydrogen) atoms. The predicted molar refractivity (Wildman–Crippen MR) is 94.5 cm³/mol. The van der Waals surface area contributed by atoms with Crippen LogP contribution in [0.3, 0.4) is 0 Å². The molecule has 1 aliphatic heterocycles. The number of amides is 1. The number of likely N-dealkylation sites (tertiary alicyclic amines) is 1. The van der Waals surface area contributed by atoms with Crippen molar-refractivity contribution in [1.82, 2.24) is 9.80 Å². The molecule has 0 spiro atoms. The number of furan rings is 1. The molecule has 0 aliphatic carbocycles. The largest absolute Gasteiger partial charge is 0.469 e. The van der Waals surface area contributed by atoms with Crippen molar-refractivity contribution in [3.63, 3.8) is 0 Å². The molecule has 0 radical (unpaired) electrons. The predicted octanol–water partition coefficient (Wildman–Crippen LogP) is 3.34. The molecule has 0 unspecified atom stereocenters. The quantitative estimate of drug-likeness (QED) is 0.817. The summed E-state index contributed by atoms with van der Waals surface area (Å²) < 4.78 is 5.32. The van der Waals surface area contributed by atoms with E-state index in [2.05, 4.69) is 36.2 Å². The lowest BCUT2D eigenvalue weighted by Crippen LogP contribution is -2.48. The highest BCUT2D eigenvalue weighted by Gasteiger charge is 2.26. The summed E-state index contributed by atoms with van der Waals surface area (Å²) in [5, 5.41) is 0. The number of rotatable bonds is 6. The molecule has 4 heteroatoms. The van der Waals surface area contributed by atoms with Crippen LogP contribution < -0.4 is 0 Å². The number of likely N-dealkylation sites (N-methyl/N-ethyl adjacent to an activating group) is 1. The smallest absolute Gasteiger partial charge is 0.223 e. The molecule has 0 saturated carbocycles. The summed E-state index contributed by atoms with van der Waals surface area (Å²) in [6.07, 6.45) is 5.12. The molecule has 2 aromatic rings. The van der Waals surface area contributed by atoms with Gasteiger partial charge in [0, 0.05) is 38.5 Å². The summed E-state index contributed by atoms with van der Waals surface area (Å²) in [4.78, 5) is 16.9. The van der Waals surface area contributed by atoms with Crippen molar-refractivity contribution >= 4 is 5.91 Å². The van der Waals surface area contributed by atoms with E-state index < -0.39 is 0 Å². The summed E-state index contributed by atoms with van der Waals surface area (Å²) >= 11 is 0. The Balaban J connectivity index is 1.50. The van der Waals surface area contributed by atoms with Crippen molar-refractivity contribution in [3.05, 3.63) is 60.1 Å². The van der Waals surface area contributed by atoms with Crippen molar-refractivity contribution in [2.75, 3.05) is 20.1 Å². The summed E-state index contributed by atoms with van der Waals surface area (Å²) in [5.41, 5.74) is 1.32. The zero-order chi connectivity index (χ0) is 16.8. The summed E-state index contributed by atoms with van der Waals surface area (Å²) in [7, 11) is 2.16. The molecule has 0 bridgehead atoms. The minimum absolute atomic E-state index is 0.240.